The molecule has 7 heteroatoms. The number of halogens is 1. The van der Waals surface area contributed by atoms with Crippen molar-refractivity contribution in [3.05, 3.63) is 52.5 Å². The molecule has 0 fully saturated rings. The molecule has 1 aliphatic rings. The van der Waals surface area contributed by atoms with Crippen LogP contribution in [-0.4, -0.2) is 27.1 Å². The van der Waals surface area contributed by atoms with Crippen LogP contribution in [0.3, 0.4) is 0 Å². The van der Waals surface area contributed by atoms with Gasteiger partial charge in [0.15, 0.2) is 9.84 Å². The molecule has 0 aromatic heterocycles. The van der Waals surface area contributed by atoms with E-state index in [4.69, 9.17) is 11.6 Å². The van der Waals surface area contributed by atoms with Crippen molar-refractivity contribution in [1.82, 2.24) is 0 Å². The van der Waals surface area contributed by atoms with E-state index in [1.165, 1.54) is 12.3 Å². The lowest BCUT2D eigenvalue weighted by atomic mass is 10.1. The van der Waals surface area contributed by atoms with Crippen LogP contribution in [0.2, 0.25) is 5.02 Å². The van der Waals surface area contributed by atoms with Crippen molar-refractivity contribution in [3.63, 3.8) is 0 Å². The summed E-state index contributed by atoms with van der Waals surface area (Å²) in [6.07, 6.45) is 1.99. The molecule has 0 bridgehead atoms. The summed E-state index contributed by atoms with van der Waals surface area (Å²) in [6, 6.07) is 10.7. The van der Waals surface area contributed by atoms with Crippen molar-refractivity contribution in [2.24, 2.45) is 0 Å². The monoisotopic (exact) mass is 378 g/mol. The van der Waals surface area contributed by atoms with E-state index in [-0.39, 0.29) is 10.8 Å². The SMILES string of the molecule is CC(=O)N1CCc2cccc(NCc3ccc(Cl)cc3S(C)(=O)=O)c21. The van der Waals surface area contributed by atoms with Gasteiger partial charge in [-0.2, -0.15) is 0 Å². The molecule has 0 atom stereocenters. The summed E-state index contributed by atoms with van der Waals surface area (Å²) < 4.78 is 24.0. The molecule has 5 nitrogen and oxygen atoms in total. The first-order valence-corrected chi connectivity index (χ1v) is 10.2. The van der Waals surface area contributed by atoms with Crippen molar-refractivity contribution in [3.8, 4) is 0 Å². The molecular weight excluding hydrogens is 360 g/mol. The molecule has 0 radical (unpaired) electrons. The topological polar surface area (TPSA) is 66.5 Å². The molecule has 1 heterocycles. The van der Waals surface area contributed by atoms with Crippen LogP contribution >= 0.6 is 11.6 Å². The zero-order valence-corrected chi connectivity index (χ0v) is 15.6. The molecule has 2 aromatic rings. The minimum Gasteiger partial charge on any atom is -0.379 e. The first kappa shape index (κ1) is 17.8. The van der Waals surface area contributed by atoms with Crippen LogP contribution in [0.1, 0.15) is 18.1 Å². The van der Waals surface area contributed by atoms with E-state index in [1.54, 1.807) is 24.0 Å². The minimum absolute atomic E-state index is 0.00341. The maximum Gasteiger partial charge on any atom is 0.223 e. The number of benzene rings is 2. The van der Waals surface area contributed by atoms with Crippen molar-refractivity contribution in [2.75, 3.05) is 23.0 Å². The number of sulfone groups is 1. The van der Waals surface area contributed by atoms with Gasteiger partial charge in [-0.05, 0) is 35.7 Å². The van der Waals surface area contributed by atoms with Crippen LogP contribution in [0, 0.1) is 0 Å². The number of carbonyl (C=O) groups is 1. The Morgan fingerprint density at radius 3 is 2.72 bits per heavy atom. The molecule has 0 saturated carbocycles. The zero-order valence-electron chi connectivity index (χ0n) is 14.0. The Labute approximate surface area is 152 Å². The van der Waals surface area contributed by atoms with Crippen LogP contribution in [0.4, 0.5) is 11.4 Å². The average molecular weight is 379 g/mol. The molecule has 3 rings (SSSR count). The minimum atomic E-state index is -3.39. The highest BCUT2D eigenvalue weighted by atomic mass is 35.5. The number of fused-ring (bicyclic) bond motifs is 1. The van der Waals surface area contributed by atoms with Gasteiger partial charge in [-0.3, -0.25) is 4.79 Å². The van der Waals surface area contributed by atoms with Crippen molar-refractivity contribution < 1.29 is 13.2 Å². The van der Waals surface area contributed by atoms with Gasteiger partial charge in [0, 0.05) is 31.3 Å². The standard InChI is InChI=1S/C18H19ClN2O3S/c1-12(22)21-9-8-13-4-3-5-16(18(13)21)20-11-14-6-7-15(19)10-17(14)25(2,23)24/h3-7,10,20H,8-9,11H2,1-2H3. The number of nitrogens with one attached hydrogen (secondary N) is 1. The number of hydrogen-bond donors (Lipinski definition) is 1. The summed E-state index contributed by atoms with van der Waals surface area (Å²) in [4.78, 5) is 13.8. The third-order valence-corrected chi connectivity index (χ3v) is 5.69. The molecule has 2 aromatic carbocycles. The van der Waals surface area contributed by atoms with Gasteiger partial charge in [0.2, 0.25) is 5.91 Å². The number of para-hydroxylation sites is 1. The Kier molecular flexibility index (Phi) is 4.75. The third kappa shape index (κ3) is 3.65. The quantitative estimate of drug-likeness (QED) is 0.886. The molecule has 0 unspecified atom stereocenters. The maximum absolute atomic E-state index is 12.0. The van der Waals surface area contributed by atoms with Gasteiger partial charge in [0.25, 0.3) is 0 Å². The Balaban J connectivity index is 1.92. The van der Waals surface area contributed by atoms with Crippen molar-refractivity contribution >= 4 is 38.7 Å². The number of nitrogens with zero attached hydrogens (tertiary/aromatic N) is 1. The van der Waals surface area contributed by atoms with E-state index in [0.29, 0.717) is 23.7 Å². The highest BCUT2D eigenvalue weighted by molar-refractivity contribution is 7.90. The lowest BCUT2D eigenvalue weighted by molar-refractivity contribution is -0.116. The number of anilines is 2. The summed E-state index contributed by atoms with van der Waals surface area (Å²) >= 11 is 5.94. The summed E-state index contributed by atoms with van der Waals surface area (Å²) in [5.74, 6) is -0.00341. The normalized spacial score (nSPS) is 13.6. The molecule has 1 aliphatic heterocycles. The second kappa shape index (κ2) is 6.69. The Morgan fingerprint density at radius 2 is 2.04 bits per heavy atom. The number of rotatable bonds is 4. The fourth-order valence-corrected chi connectivity index (χ4v) is 4.32. The van der Waals surface area contributed by atoms with Crippen LogP contribution in [0.5, 0.6) is 0 Å². The molecule has 0 aliphatic carbocycles. The maximum atomic E-state index is 12.0. The Morgan fingerprint density at radius 1 is 1.28 bits per heavy atom. The zero-order chi connectivity index (χ0) is 18.2. The summed E-state index contributed by atoms with van der Waals surface area (Å²) in [5, 5.41) is 3.66. The average Bonchev–Trinajstić information content (AvgIpc) is 2.97. The van der Waals surface area contributed by atoms with Gasteiger partial charge in [0.05, 0.1) is 16.3 Å². The van der Waals surface area contributed by atoms with E-state index in [2.05, 4.69) is 5.32 Å². The molecule has 1 amide bonds. The van der Waals surface area contributed by atoms with Gasteiger partial charge in [-0.25, -0.2) is 8.42 Å². The van der Waals surface area contributed by atoms with E-state index in [1.807, 2.05) is 18.2 Å². The number of carbonyl (C=O) groups excluding carboxylic acids is 1. The van der Waals surface area contributed by atoms with Gasteiger partial charge in [-0.1, -0.05) is 29.8 Å². The summed E-state index contributed by atoms with van der Waals surface area (Å²) in [7, 11) is -3.39. The van der Waals surface area contributed by atoms with E-state index in [9.17, 15) is 13.2 Å². The number of hydrogen-bond acceptors (Lipinski definition) is 4. The van der Waals surface area contributed by atoms with E-state index >= 15 is 0 Å². The second-order valence-electron chi connectivity index (χ2n) is 6.11. The largest absolute Gasteiger partial charge is 0.379 e. The molecule has 0 saturated heterocycles. The Bertz CT molecular complexity index is 941. The van der Waals surface area contributed by atoms with Gasteiger partial charge in [-0.15, -0.1) is 0 Å². The molecule has 132 valence electrons. The predicted octanol–water partition coefficient (Wildman–Crippen LogP) is 3.26. The predicted molar refractivity (Wildman–Crippen MR) is 100 cm³/mol. The third-order valence-electron chi connectivity index (χ3n) is 4.27. The Hall–Kier alpha value is -2.05. The smallest absolute Gasteiger partial charge is 0.223 e. The van der Waals surface area contributed by atoms with Gasteiger partial charge < -0.3 is 10.2 Å². The second-order valence-corrected chi connectivity index (χ2v) is 8.53. The lowest BCUT2D eigenvalue weighted by Crippen LogP contribution is -2.26. The van der Waals surface area contributed by atoms with E-state index < -0.39 is 9.84 Å². The fraction of sp³-hybridized carbons (Fsp3) is 0.278. The fourth-order valence-electron chi connectivity index (χ4n) is 3.12. The summed E-state index contributed by atoms with van der Waals surface area (Å²) in [5.41, 5.74) is 3.45. The molecule has 0 spiro atoms. The van der Waals surface area contributed by atoms with Crippen molar-refractivity contribution in [2.45, 2.75) is 24.8 Å². The highest BCUT2D eigenvalue weighted by Gasteiger charge is 2.25. The first-order valence-electron chi connectivity index (χ1n) is 7.89. The highest BCUT2D eigenvalue weighted by Crippen LogP contribution is 2.36. The molecule has 1 N–H and O–H groups in total. The van der Waals surface area contributed by atoms with Crippen LogP contribution in [0.25, 0.3) is 0 Å². The molecular formula is C18H19ClN2O3S. The van der Waals surface area contributed by atoms with E-state index in [0.717, 1.165) is 23.4 Å². The lowest BCUT2D eigenvalue weighted by Gasteiger charge is -2.20. The van der Waals surface area contributed by atoms with Gasteiger partial charge in [0.1, 0.15) is 0 Å². The van der Waals surface area contributed by atoms with Crippen LogP contribution < -0.4 is 10.2 Å². The van der Waals surface area contributed by atoms with Gasteiger partial charge >= 0.3 is 0 Å². The summed E-state index contributed by atoms with van der Waals surface area (Å²) in [6.45, 7) is 2.54. The van der Waals surface area contributed by atoms with Crippen LogP contribution in [0.15, 0.2) is 41.3 Å². The molecule has 25 heavy (non-hydrogen) atoms. The van der Waals surface area contributed by atoms with Crippen molar-refractivity contribution in [1.29, 1.82) is 0 Å². The number of amides is 1. The van der Waals surface area contributed by atoms with Crippen LogP contribution in [-0.2, 0) is 27.6 Å². The first-order chi connectivity index (χ1) is 11.8.